The van der Waals surface area contributed by atoms with Gasteiger partial charge in [0.15, 0.2) is 17.2 Å². The summed E-state index contributed by atoms with van der Waals surface area (Å²) < 4.78 is 32.5. The minimum Gasteiger partial charge on any atom is -0.390 e. The van der Waals surface area contributed by atoms with Crippen molar-refractivity contribution in [2.75, 3.05) is 11.5 Å². The number of aliphatic hydroxyl groups is 2. The molecule has 0 saturated heterocycles. The minimum absolute atomic E-state index is 0.0831. The summed E-state index contributed by atoms with van der Waals surface area (Å²) in [6.07, 6.45) is 1.87. The summed E-state index contributed by atoms with van der Waals surface area (Å²) in [6.45, 7) is 7.16. The molecule has 0 bridgehead atoms. The zero-order valence-corrected chi connectivity index (χ0v) is 20.1. The Labute approximate surface area is 192 Å². The average molecular weight is 469 g/mol. The van der Waals surface area contributed by atoms with Crippen molar-refractivity contribution in [1.29, 1.82) is 0 Å². The fourth-order valence-corrected chi connectivity index (χ4v) is 8.39. The van der Waals surface area contributed by atoms with E-state index in [4.69, 9.17) is 0 Å². The number of ketones is 2. The predicted molar refractivity (Wildman–Crippen MR) is 121 cm³/mol. The number of Topliss-reactive ketones (excluding diaryl/α,β-unsaturated/α-hetero) is 1. The summed E-state index contributed by atoms with van der Waals surface area (Å²) in [6, 6.07) is 0. The maximum Gasteiger partial charge on any atom is 0.178 e. The van der Waals surface area contributed by atoms with Crippen molar-refractivity contribution < 1.29 is 28.6 Å². The summed E-state index contributed by atoms with van der Waals surface area (Å²) in [5, 5.41) is 23.1. The molecular formula is C25H34F2O4S. The van der Waals surface area contributed by atoms with Gasteiger partial charge in [0.1, 0.15) is 11.8 Å². The lowest BCUT2D eigenvalue weighted by Crippen LogP contribution is -2.70. The van der Waals surface area contributed by atoms with E-state index in [0.717, 1.165) is 12.2 Å². The van der Waals surface area contributed by atoms with Crippen molar-refractivity contribution in [3.8, 4) is 0 Å². The number of rotatable bonds is 5. The third kappa shape index (κ3) is 2.86. The number of alkyl halides is 2. The lowest BCUT2D eigenvalue weighted by atomic mass is 9.44. The molecule has 3 fully saturated rings. The highest BCUT2D eigenvalue weighted by molar-refractivity contribution is 7.99. The van der Waals surface area contributed by atoms with E-state index < -0.39 is 52.1 Å². The van der Waals surface area contributed by atoms with Crippen molar-refractivity contribution in [2.24, 2.45) is 28.6 Å². The molecule has 3 unspecified atom stereocenters. The number of allylic oxidation sites excluding steroid dienone is 4. The van der Waals surface area contributed by atoms with Crippen LogP contribution in [0.25, 0.3) is 0 Å². The number of thioether (sulfide) groups is 1. The Morgan fingerprint density at radius 3 is 2.62 bits per heavy atom. The quantitative estimate of drug-likeness (QED) is 0.597. The molecule has 0 radical (unpaired) electrons. The number of carbonyl (C=O) groups is 2. The van der Waals surface area contributed by atoms with Crippen LogP contribution in [0.4, 0.5) is 8.78 Å². The summed E-state index contributed by atoms with van der Waals surface area (Å²) in [5.74, 6) is -1.45. The van der Waals surface area contributed by atoms with Gasteiger partial charge in [-0.3, -0.25) is 9.59 Å². The average Bonchev–Trinajstić information content (AvgIpc) is 2.93. The first-order valence-electron chi connectivity index (χ1n) is 11.7. The van der Waals surface area contributed by atoms with Gasteiger partial charge in [-0.05, 0) is 67.9 Å². The van der Waals surface area contributed by atoms with Crippen LogP contribution in [0.3, 0.4) is 0 Å². The van der Waals surface area contributed by atoms with Gasteiger partial charge in [0.2, 0.25) is 0 Å². The maximum atomic E-state index is 17.1. The van der Waals surface area contributed by atoms with Crippen molar-refractivity contribution in [2.45, 2.75) is 76.9 Å². The van der Waals surface area contributed by atoms with E-state index in [0.29, 0.717) is 6.42 Å². The van der Waals surface area contributed by atoms with E-state index in [1.807, 2.05) is 6.92 Å². The van der Waals surface area contributed by atoms with E-state index in [-0.39, 0.29) is 35.7 Å². The fraction of sp³-hybridized carbons (Fsp3) is 0.760. The highest BCUT2D eigenvalue weighted by Crippen LogP contribution is 2.71. The fourth-order valence-electron chi connectivity index (χ4n) is 7.55. The first-order valence-corrected chi connectivity index (χ1v) is 12.8. The highest BCUT2D eigenvalue weighted by atomic mass is 32.2. The predicted octanol–water partition coefficient (Wildman–Crippen LogP) is 3.99. The van der Waals surface area contributed by atoms with Crippen LogP contribution in [0.15, 0.2) is 23.8 Å². The summed E-state index contributed by atoms with van der Waals surface area (Å²) in [4.78, 5) is 25.2. The van der Waals surface area contributed by atoms with E-state index in [1.165, 1.54) is 30.0 Å². The molecule has 4 rings (SSSR count). The van der Waals surface area contributed by atoms with Crippen LogP contribution < -0.4 is 0 Å². The highest BCUT2D eigenvalue weighted by Gasteiger charge is 2.76. The molecule has 4 aliphatic carbocycles. The van der Waals surface area contributed by atoms with Gasteiger partial charge in [-0.1, -0.05) is 26.8 Å². The molecule has 4 nitrogen and oxygen atoms in total. The normalized spacial score (nSPS) is 49.8. The van der Waals surface area contributed by atoms with Crippen LogP contribution in [0, 0.1) is 28.6 Å². The van der Waals surface area contributed by atoms with Crippen LogP contribution >= 0.6 is 11.8 Å². The maximum absolute atomic E-state index is 17.1. The molecule has 0 aliphatic heterocycles. The third-order valence-electron chi connectivity index (χ3n) is 9.22. The molecular weight excluding hydrogens is 434 g/mol. The first kappa shape index (κ1) is 24.1. The van der Waals surface area contributed by atoms with Crippen molar-refractivity contribution in [3.05, 3.63) is 23.8 Å². The van der Waals surface area contributed by atoms with Crippen LogP contribution in [-0.2, 0) is 9.59 Å². The van der Waals surface area contributed by atoms with Gasteiger partial charge in [0, 0.05) is 16.7 Å². The summed E-state index contributed by atoms with van der Waals surface area (Å²) in [5.41, 5.74) is -6.30. The molecule has 7 heteroatoms. The minimum atomic E-state index is -2.19. The number of hydrogen-bond donors (Lipinski definition) is 2. The molecule has 9 atom stereocenters. The Morgan fingerprint density at radius 1 is 1.28 bits per heavy atom. The first-order chi connectivity index (χ1) is 14.9. The van der Waals surface area contributed by atoms with Gasteiger partial charge in [-0.15, -0.1) is 0 Å². The number of hydrogen-bond acceptors (Lipinski definition) is 5. The Bertz CT molecular complexity index is 889. The van der Waals surface area contributed by atoms with E-state index in [1.54, 1.807) is 20.8 Å². The molecule has 0 aromatic heterocycles. The topological polar surface area (TPSA) is 74.6 Å². The van der Waals surface area contributed by atoms with Crippen LogP contribution in [0.2, 0.25) is 0 Å². The van der Waals surface area contributed by atoms with Gasteiger partial charge >= 0.3 is 0 Å². The Balaban J connectivity index is 1.77. The monoisotopic (exact) mass is 468 g/mol. The number of aliphatic hydroxyl groups excluding tert-OH is 1. The molecule has 0 aromatic carbocycles. The van der Waals surface area contributed by atoms with Crippen molar-refractivity contribution in [3.63, 3.8) is 0 Å². The van der Waals surface area contributed by atoms with E-state index >= 15 is 8.78 Å². The smallest absolute Gasteiger partial charge is 0.178 e. The number of halogens is 2. The molecule has 3 saturated carbocycles. The van der Waals surface area contributed by atoms with Gasteiger partial charge in [-0.25, -0.2) is 8.78 Å². The molecule has 2 N–H and O–H groups in total. The largest absolute Gasteiger partial charge is 0.390 e. The summed E-state index contributed by atoms with van der Waals surface area (Å²) >= 11 is 1.47. The van der Waals surface area contributed by atoms with Gasteiger partial charge in [-0.2, -0.15) is 11.8 Å². The van der Waals surface area contributed by atoms with E-state index in [2.05, 4.69) is 0 Å². The zero-order chi connectivity index (χ0) is 23.7. The second-order valence-corrected chi connectivity index (χ2v) is 11.8. The zero-order valence-electron chi connectivity index (χ0n) is 19.2. The number of carbonyl (C=O) groups excluding carboxylic acids is 2. The number of fused-ring (bicyclic) bond motifs is 5. The van der Waals surface area contributed by atoms with E-state index in [9.17, 15) is 19.8 Å². The Morgan fingerprint density at radius 2 is 1.97 bits per heavy atom. The van der Waals surface area contributed by atoms with Gasteiger partial charge < -0.3 is 10.2 Å². The Hall–Kier alpha value is -1.05. The van der Waals surface area contributed by atoms with Crippen LogP contribution in [0.1, 0.15) is 53.4 Å². The standard InChI is InChI=1S/C25H34F2O4S/c1-5-8-32-13-21(30)25(31)14(2)9-16-17-11-19(26)18-10-15(28)6-7-22(18,3)24(17,27)20(29)12-23(16,25)4/h6-7,10,14,16-17,19-20,29,31H,5,8-9,11-13H2,1-4H3/t14?,16-,17-,19?,20?,22-,23-,24-,25-/m0/s1. The van der Waals surface area contributed by atoms with Crippen molar-refractivity contribution >= 4 is 23.3 Å². The SMILES string of the molecule is CCCSCC(=O)[C@@]1(O)C(C)C[C@H]2[C@@H]3CC(F)C4=CC(=O)C=C[C@]4(C)[C@@]3(F)C(O)C[C@@]21C. The Kier molecular flexibility index (Phi) is 5.83. The molecule has 0 spiro atoms. The molecule has 4 aliphatic rings. The molecule has 32 heavy (non-hydrogen) atoms. The summed E-state index contributed by atoms with van der Waals surface area (Å²) in [7, 11) is 0. The lowest BCUT2D eigenvalue weighted by Gasteiger charge is -2.63. The van der Waals surface area contributed by atoms with Crippen LogP contribution in [-0.4, -0.2) is 56.8 Å². The van der Waals surface area contributed by atoms with Gasteiger partial charge in [0.25, 0.3) is 0 Å². The second-order valence-electron chi connectivity index (χ2n) is 10.7. The molecule has 0 amide bonds. The molecule has 0 heterocycles. The van der Waals surface area contributed by atoms with Crippen LogP contribution in [0.5, 0.6) is 0 Å². The third-order valence-corrected chi connectivity index (χ3v) is 10.4. The van der Waals surface area contributed by atoms with Gasteiger partial charge in [0.05, 0.1) is 11.9 Å². The van der Waals surface area contributed by atoms with Crippen molar-refractivity contribution in [1.82, 2.24) is 0 Å². The molecule has 0 aromatic rings. The lowest BCUT2D eigenvalue weighted by molar-refractivity contribution is -0.222. The second kappa shape index (κ2) is 7.74. The molecule has 178 valence electrons.